The molecular weight excluding hydrogens is 250 g/mol. The van der Waals surface area contributed by atoms with Crippen molar-refractivity contribution >= 4 is 9.84 Å². The van der Waals surface area contributed by atoms with E-state index in [1.165, 1.54) is 6.26 Å². The Labute approximate surface area is 109 Å². The van der Waals surface area contributed by atoms with Crippen LogP contribution >= 0.6 is 0 Å². The fourth-order valence-corrected chi connectivity index (χ4v) is 2.80. The molecular formula is C12H23N3O2S. The van der Waals surface area contributed by atoms with Gasteiger partial charge in [0.1, 0.15) is 9.84 Å². The Kier molecular flexibility index (Phi) is 5.34. The zero-order valence-electron chi connectivity index (χ0n) is 11.5. The quantitative estimate of drug-likeness (QED) is 0.806. The zero-order chi connectivity index (χ0) is 13.8. The van der Waals surface area contributed by atoms with E-state index >= 15 is 0 Å². The molecule has 2 unspecified atom stereocenters. The second-order valence-electron chi connectivity index (χ2n) is 4.83. The molecule has 0 spiro atoms. The van der Waals surface area contributed by atoms with Crippen LogP contribution in [0.4, 0.5) is 0 Å². The van der Waals surface area contributed by atoms with Gasteiger partial charge in [0.2, 0.25) is 0 Å². The number of likely N-dealkylation sites (N-methyl/N-ethyl adjacent to an activating group) is 1. The van der Waals surface area contributed by atoms with Gasteiger partial charge >= 0.3 is 0 Å². The molecule has 0 saturated heterocycles. The summed E-state index contributed by atoms with van der Waals surface area (Å²) in [6, 6.07) is 2.25. The van der Waals surface area contributed by atoms with E-state index in [2.05, 4.69) is 24.3 Å². The minimum Gasteiger partial charge on any atom is -0.316 e. The molecule has 1 rings (SSSR count). The number of nitrogens with one attached hydrogen (secondary N) is 1. The summed E-state index contributed by atoms with van der Waals surface area (Å²) in [5.74, 6) is 0.139. The van der Waals surface area contributed by atoms with Crippen molar-refractivity contribution in [2.24, 2.45) is 0 Å². The van der Waals surface area contributed by atoms with E-state index in [-0.39, 0.29) is 11.8 Å². The maximum atomic E-state index is 11.3. The third-order valence-corrected chi connectivity index (χ3v) is 4.08. The average molecular weight is 273 g/mol. The third kappa shape index (κ3) is 4.78. The lowest BCUT2D eigenvalue weighted by molar-refractivity contribution is 0.470. The predicted molar refractivity (Wildman–Crippen MR) is 73.5 cm³/mol. The molecule has 1 heterocycles. The average Bonchev–Trinajstić information content (AvgIpc) is 2.73. The molecule has 0 radical (unpaired) electrons. The van der Waals surface area contributed by atoms with Crippen molar-refractivity contribution in [3.8, 4) is 0 Å². The predicted octanol–water partition coefficient (Wildman–Crippen LogP) is 1.03. The lowest BCUT2D eigenvalue weighted by atomic mass is 10.2. The summed E-state index contributed by atoms with van der Waals surface area (Å²) in [5, 5.41) is 7.51. The molecule has 0 amide bonds. The molecule has 0 aliphatic rings. The third-order valence-electron chi connectivity index (χ3n) is 3.07. The second-order valence-corrected chi connectivity index (χ2v) is 7.01. The second kappa shape index (κ2) is 6.33. The Morgan fingerprint density at radius 3 is 2.67 bits per heavy atom. The van der Waals surface area contributed by atoms with Gasteiger partial charge in [-0.15, -0.1) is 0 Å². The van der Waals surface area contributed by atoms with Crippen LogP contribution in [-0.4, -0.2) is 43.3 Å². The van der Waals surface area contributed by atoms with Gasteiger partial charge in [0.25, 0.3) is 0 Å². The van der Waals surface area contributed by atoms with E-state index in [4.69, 9.17) is 0 Å². The topological polar surface area (TPSA) is 64.0 Å². The van der Waals surface area contributed by atoms with Gasteiger partial charge in [-0.05, 0) is 26.5 Å². The fourth-order valence-electron chi connectivity index (χ4n) is 1.78. The minimum absolute atomic E-state index is 0.0831. The van der Waals surface area contributed by atoms with Gasteiger partial charge < -0.3 is 5.32 Å². The summed E-state index contributed by atoms with van der Waals surface area (Å²) in [5.41, 5.74) is 0.929. The molecule has 1 aromatic heterocycles. The van der Waals surface area contributed by atoms with Gasteiger partial charge in [-0.25, -0.2) is 8.42 Å². The summed E-state index contributed by atoms with van der Waals surface area (Å²) in [6.07, 6.45) is 4.87. The Morgan fingerprint density at radius 1 is 1.50 bits per heavy atom. The number of hydrogen-bond donors (Lipinski definition) is 1. The first-order valence-electron chi connectivity index (χ1n) is 6.24. The minimum atomic E-state index is -2.97. The van der Waals surface area contributed by atoms with E-state index in [1.807, 2.05) is 16.9 Å². The number of rotatable bonds is 7. The van der Waals surface area contributed by atoms with Crippen molar-refractivity contribution < 1.29 is 8.42 Å². The van der Waals surface area contributed by atoms with E-state index in [0.717, 1.165) is 12.1 Å². The molecule has 2 atom stereocenters. The maximum absolute atomic E-state index is 11.3. The number of hydrogen-bond acceptors (Lipinski definition) is 4. The van der Waals surface area contributed by atoms with E-state index < -0.39 is 9.84 Å². The lowest BCUT2D eigenvalue weighted by Crippen LogP contribution is -2.34. The molecule has 6 heteroatoms. The molecule has 5 nitrogen and oxygen atoms in total. The normalized spacial score (nSPS) is 15.6. The maximum Gasteiger partial charge on any atom is 0.148 e. The molecule has 0 aromatic carbocycles. The van der Waals surface area contributed by atoms with E-state index in [1.54, 1.807) is 7.05 Å². The van der Waals surface area contributed by atoms with Gasteiger partial charge in [0, 0.05) is 31.0 Å². The monoisotopic (exact) mass is 273 g/mol. The highest BCUT2D eigenvalue weighted by Crippen LogP contribution is 2.10. The van der Waals surface area contributed by atoms with Crippen LogP contribution in [0.3, 0.4) is 0 Å². The molecule has 104 valence electrons. The van der Waals surface area contributed by atoms with Crippen LogP contribution in [0.25, 0.3) is 0 Å². The van der Waals surface area contributed by atoms with Crippen LogP contribution < -0.4 is 5.32 Å². The van der Waals surface area contributed by atoms with Crippen molar-refractivity contribution in [3.05, 3.63) is 18.0 Å². The molecule has 1 aromatic rings. The fraction of sp³-hybridized carbons (Fsp3) is 0.750. The molecule has 0 fully saturated rings. The molecule has 18 heavy (non-hydrogen) atoms. The number of nitrogens with zero attached hydrogens (tertiary/aromatic N) is 2. The van der Waals surface area contributed by atoms with Crippen LogP contribution in [0, 0.1) is 0 Å². The summed E-state index contributed by atoms with van der Waals surface area (Å²) in [6.45, 7) is 4.23. The Bertz CT molecular complexity index is 467. The first-order chi connectivity index (χ1) is 8.35. The van der Waals surface area contributed by atoms with Crippen molar-refractivity contribution in [1.82, 2.24) is 15.1 Å². The van der Waals surface area contributed by atoms with Crippen LogP contribution in [0.1, 0.15) is 32.0 Å². The summed E-state index contributed by atoms with van der Waals surface area (Å²) < 4.78 is 24.5. The van der Waals surface area contributed by atoms with Crippen molar-refractivity contribution in [2.75, 3.05) is 19.1 Å². The lowest BCUT2D eigenvalue weighted by Gasteiger charge is -2.13. The Morgan fingerprint density at radius 2 is 2.17 bits per heavy atom. The first-order valence-corrected chi connectivity index (χ1v) is 8.30. The number of aromatic nitrogens is 2. The number of sulfone groups is 1. The summed E-state index contributed by atoms with van der Waals surface area (Å²) in [4.78, 5) is 0. The molecule has 0 aliphatic carbocycles. The van der Waals surface area contributed by atoms with Gasteiger partial charge in [-0.2, -0.15) is 5.10 Å². The standard InChI is InChI=1S/C12H23N3O2S/c1-5-10(2)15-7-6-11(14-15)8-12(13-3)9-18(4,16)17/h6-7,10,12-13H,5,8-9H2,1-4H3. The summed E-state index contributed by atoms with van der Waals surface area (Å²) in [7, 11) is -1.19. The first kappa shape index (κ1) is 15.2. The van der Waals surface area contributed by atoms with Gasteiger partial charge in [0.05, 0.1) is 11.4 Å². The van der Waals surface area contributed by atoms with Crippen molar-refractivity contribution in [1.29, 1.82) is 0 Å². The highest BCUT2D eigenvalue weighted by Gasteiger charge is 2.15. The Balaban J connectivity index is 2.68. The van der Waals surface area contributed by atoms with Gasteiger partial charge in [-0.3, -0.25) is 4.68 Å². The van der Waals surface area contributed by atoms with E-state index in [0.29, 0.717) is 12.5 Å². The smallest absolute Gasteiger partial charge is 0.148 e. The van der Waals surface area contributed by atoms with Crippen LogP contribution in [0.15, 0.2) is 12.3 Å². The molecule has 0 bridgehead atoms. The molecule has 0 saturated carbocycles. The largest absolute Gasteiger partial charge is 0.316 e. The zero-order valence-corrected chi connectivity index (χ0v) is 12.4. The van der Waals surface area contributed by atoms with Gasteiger partial charge in [-0.1, -0.05) is 6.92 Å². The van der Waals surface area contributed by atoms with Crippen LogP contribution in [0.2, 0.25) is 0 Å². The van der Waals surface area contributed by atoms with Gasteiger partial charge in [0.15, 0.2) is 0 Å². The molecule has 0 aliphatic heterocycles. The van der Waals surface area contributed by atoms with Crippen molar-refractivity contribution in [2.45, 2.75) is 38.8 Å². The van der Waals surface area contributed by atoms with E-state index in [9.17, 15) is 8.42 Å². The SMILES string of the molecule is CCC(C)n1ccc(CC(CS(C)(=O)=O)NC)n1. The van der Waals surface area contributed by atoms with Crippen molar-refractivity contribution in [3.63, 3.8) is 0 Å². The highest BCUT2D eigenvalue weighted by atomic mass is 32.2. The summed E-state index contributed by atoms with van der Waals surface area (Å²) >= 11 is 0. The molecule has 1 N–H and O–H groups in total. The van der Waals surface area contributed by atoms with Crippen LogP contribution in [-0.2, 0) is 16.3 Å². The Hall–Kier alpha value is -0.880. The van der Waals surface area contributed by atoms with Crippen LogP contribution in [0.5, 0.6) is 0 Å². The highest BCUT2D eigenvalue weighted by molar-refractivity contribution is 7.90.